The SMILES string of the molecule is Oc1ccc(O)c(C2=NN3[C@@H](c4ccncc4)Oc4ccccc4[C@@H]3C2)c1. The highest BCUT2D eigenvalue weighted by Gasteiger charge is 2.41. The van der Waals surface area contributed by atoms with Gasteiger partial charge in [-0.1, -0.05) is 18.2 Å². The Hall–Kier alpha value is -3.54. The molecule has 2 aliphatic rings. The Balaban J connectivity index is 1.62. The number of hydrazone groups is 1. The number of rotatable bonds is 2. The van der Waals surface area contributed by atoms with Crippen molar-refractivity contribution in [2.45, 2.75) is 18.7 Å². The molecule has 0 saturated heterocycles. The van der Waals surface area contributed by atoms with Gasteiger partial charge in [0.15, 0.2) is 0 Å². The van der Waals surface area contributed by atoms with Gasteiger partial charge in [0.1, 0.15) is 17.2 Å². The van der Waals surface area contributed by atoms with Gasteiger partial charge in [0.05, 0.1) is 11.8 Å². The van der Waals surface area contributed by atoms with Crippen LogP contribution in [0, 0.1) is 0 Å². The zero-order chi connectivity index (χ0) is 18.4. The molecule has 2 aliphatic heterocycles. The molecular formula is C21H17N3O3. The molecule has 0 radical (unpaired) electrons. The Morgan fingerprint density at radius 1 is 1.00 bits per heavy atom. The van der Waals surface area contributed by atoms with Crippen molar-refractivity contribution >= 4 is 5.71 Å². The number of para-hydroxylation sites is 1. The minimum atomic E-state index is -0.384. The second-order valence-corrected chi connectivity index (χ2v) is 6.64. The van der Waals surface area contributed by atoms with E-state index in [2.05, 4.69) is 4.98 Å². The summed E-state index contributed by atoms with van der Waals surface area (Å²) in [5.74, 6) is 1.02. The first-order chi connectivity index (χ1) is 13.2. The van der Waals surface area contributed by atoms with E-state index >= 15 is 0 Å². The molecule has 0 aliphatic carbocycles. The summed E-state index contributed by atoms with van der Waals surface area (Å²) in [6, 6.07) is 16.2. The Morgan fingerprint density at radius 3 is 2.67 bits per heavy atom. The molecular weight excluding hydrogens is 342 g/mol. The van der Waals surface area contributed by atoms with E-state index in [4.69, 9.17) is 9.84 Å². The van der Waals surface area contributed by atoms with Crippen LogP contribution in [0.25, 0.3) is 0 Å². The number of benzene rings is 2. The fourth-order valence-corrected chi connectivity index (χ4v) is 3.70. The summed E-state index contributed by atoms with van der Waals surface area (Å²) >= 11 is 0. The number of fused-ring (bicyclic) bond motifs is 3. The number of hydrogen-bond acceptors (Lipinski definition) is 6. The summed E-state index contributed by atoms with van der Waals surface area (Å²) in [6.45, 7) is 0. The molecule has 0 amide bonds. The number of nitrogens with zero attached hydrogens (tertiary/aromatic N) is 3. The smallest absolute Gasteiger partial charge is 0.213 e. The van der Waals surface area contributed by atoms with Gasteiger partial charge in [-0.2, -0.15) is 5.10 Å². The van der Waals surface area contributed by atoms with Crippen molar-refractivity contribution in [1.82, 2.24) is 9.99 Å². The third kappa shape index (κ3) is 2.57. The van der Waals surface area contributed by atoms with Crippen LogP contribution in [0.5, 0.6) is 17.2 Å². The lowest BCUT2D eigenvalue weighted by atomic mass is 9.95. The fraction of sp³-hybridized carbons (Fsp3) is 0.143. The number of phenolic OH excluding ortho intramolecular Hbond substituents is 2. The first-order valence-corrected chi connectivity index (χ1v) is 8.74. The molecule has 0 bridgehead atoms. The van der Waals surface area contributed by atoms with Gasteiger partial charge in [-0.05, 0) is 36.4 Å². The van der Waals surface area contributed by atoms with Crippen LogP contribution in [0.3, 0.4) is 0 Å². The number of aromatic hydroxyl groups is 2. The Kier molecular flexibility index (Phi) is 3.50. The number of pyridine rings is 1. The molecule has 0 spiro atoms. The molecule has 134 valence electrons. The largest absolute Gasteiger partial charge is 0.508 e. The van der Waals surface area contributed by atoms with Crippen molar-refractivity contribution in [1.29, 1.82) is 0 Å². The van der Waals surface area contributed by atoms with E-state index in [1.807, 2.05) is 41.4 Å². The van der Waals surface area contributed by atoms with Gasteiger partial charge in [0.2, 0.25) is 6.23 Å². The van der Waals surface area contributed by atoms with Gasteiger partial charge in [-0.25, -0.2) is 5.01 Å². The summed E-state index contributed by atoms with van der Waals surface area (Å²) in [6.07, 6.45) is 3.69. The minimum absolute atomic E-state index is 0.00938. The first-order valence-electron chi connectivity index (χ1n) is 8.74. The molecule has 6 heteroatoms. The van der Waals surface area contributed by atoms with Crippen molar-refractivity contribution in [3.63, 3.8) is 0 Å². The highest BCUT2D eigenvalue weighted by Crippen LogP contribution is 2.47. The molecule has 0 saturated carbocycles. The molecule has 2 N–H and O–H groups in total. The van der Waals surface area contributed by atoms with Crippen LogP contribution >= 0.6 is 0 Å². The van der Waals surface area contributed by atoms with Crippen LogP contribution in [0.4, 0.5) is 0 Å². The summed E-state index contributed by atoms with van der Waals surface area (Å²) in [4.78, 5) is 4.08. The average Bonchev–Trinajstić information content (AvgIpc) is 3.15. The normalized spacial score (nSPS) is 20.4. The molecule has 0 fully saturated rings. The number of phenols is 2. The highest BCUT2D eigenvalue weighted by atomic mass is 16.5. The lowest BCUT2D eigenvalue weighted by Gasteiger charge is -2.38. The average molecular weight is 359 g/mol. The van der Waals surface area contributed by atoms with Gasteiger partial charge < -0.3 is 14.9 Å². The quantitative estimate of drug-likeness (QED) is 0.682. The van der Waals surface area contributed by atoms with Crippen molar-refractivity contribution < 1.29 is 14.9 Å². The molecule has 2 aromatic carbocycles. The zero-order valence-corrected chi connectivity index (χ0v) is 14.4. The van der Waals surface area contributed by atoms with Gasteiger partial charge in [-0.3, -0.25) is 4.98 Å². The minimum Gasteiger partial charge on any atom is -0.508 e. The van der Waals surface area contributed by atoms with E-state index in [0.717, 1.165) is 16.9 Å². The zero-order valence-electron chi connectivity index (χ0n) is 14.4. The second kappa shape index (κ2) is 6.02. The molecule has 5 rings (SSSR count). The topological polar surface area (TPSA) is 78.2 Å². The molecule has 2 atom stereocenters. The summed E-state index contributed by atoms with van der Waals surface area (Å²) in [7, 11) is 0. The summed E-state index contributed by atoms with van der Waals surface area (Å²) < 4.78 is 6.25. The molecule has 27 heavy (non-hydrogen) atoms. The van der Waals surface area contributed by atoms with Gasteiger partial charge in [0, 0.05) is 35.5 Å². The van der Waals surface area contributed by atoms with Crippen LogP contribution < -0.4 is 4.74 Å². The maximum atomic E-state index is 10.3. The predicted octanol–water partition coefficient (Wildman–Crippen LogP) is 3.74. The third-order valence-corrected chi connectivity index (χ3v) is 4.98. The van der Waals surface area contributed by atoms with E-state index in [1.165, 1.54) is 12.1 Å². The summed E-state index contributed by atoms with van der Waals surface area (Å²) in [5, 5.41) is 26.8. The van der Waals surface area contributed by atoms with Gasteiger partial charge in [0.25, 0.3) is 0 Å². The molecule has 1 aromatic heterocycles. The van der Waals surface area contributed by atoms with Gasteiger partial charge >= 0.3 is 0 Å². The highest BCUT2D eigenvalue weighted by molar-refractivity contribution is 6.04. The summed E-state index contributed by atoms with van der Waals surface area (Å²) in [5.41, 5.74) is 3.26. The van der Waals surface area contributed by atoms with Crippen molar-refractivity contribution in [3.8, 4) is 17.2 Å². The van der Waals surface area contributed by atoms with Crippen LogP contribution in [-0.4, -0.2) is 25.9 Å². The molecule has 6 nitrogen and oxygen atoms in total. The van der Waals surface area contributed by atoms with Crippen molar-refractivity contribution in [2.75, 3.05) is 0 Å². The standard InChI is InChI=1S/C21H17N3O3/c25-14-5-6-19(26)16(11-14)17-12-18-15-3-1-2-4-20(15)27-21(24(18)23-17)13-7-9-22-10-8-13/h1-11,18,21,25-26H,12H2/t18-,21+/m0/s1. The van der Waals surface area contributed by atoms with E-state index < -0.39 is 0 Å². The van der Waals surface area contributed by atoms with Crippen molar-refractivity contribution in [3.05, 3.63) is 83.7 Å². The Bertz CT molecular complexity index is 1040. The maximum Gasteiger partial charge on any atom is 0.213 e. The Labute approximate surface area is 156 Å². The van der Waals surface area contributed by atoms with Crippen LogP contribution in [-0.2, 0) is 0 Å². The van der Waals surface area contributed by atoms with Crippen LogP contribution in [0.15, 0.2) is 72.1 Å². The monoisotopic (exact) mass is 359 g/mol. The van der Waals surface area contributed by atoms with E-state index in [0.29, 0.717) is 17.7 Å². The Morgan fingerprint density at radius 2 is 1.81 bits per heavy atom. The number of ether oxygens (including phenoxy) is 1. The van der Waals surface area contributed by atoms with E-state index in [-0.39, 0.29) is 23.8 Å². The lowest BCUT2D eigenvalue weighted by Crippen LogP contribution is -2.33. The van der Waals surface area contributed by atoms with Crippen molar-refractivity contribution in [2.24, 2.45) is 5.10 Å². The molecule has 3 heterocycles. The first kappa shape index (κ1) is 15.7. The molecule has 3 aromatic rings. The fourth-order valence-electron chi connectivity index (χ4n) is 3.70. The maximum absolute atomic E-state index is 10.3. The lowest BCUT2D eigenvalue weighted by molar-refractivity contribution is -0.0190. The third-order valence-electron chi connectivity index (χ3n) is 4.98. The second-order valence-electron chi connectivity index (χ2n) is 6.64. The van der Waals surface area contributed by atoms with Crippen LogP contribution in [0.2, 0.25) is 0 Å². The van der Waals surface area contributed by atoms with Gasteiger partial charge in [-0.15, -0.1) is 0 Å². The van der Waals surface area contributed by atoms with Crippen LogP contribution in [0.1, 0.15) is 35.4 Å². The molecule has 0 unspecified atom stereocenters. The predicted molar refractivity (Wildman–Crippen MR) is 99.6 cm³/mol. The van der Waals surface area contributed by atoms with E-state index in [9.17, 15) is 10.2 Å². The number of aromatic nitrogens is 1. The van der Waals surface area contributed by atoms with E-state index in [1.54, 1.807) is 18.5 Å². The number of hydrogen-bond donors (Lipinski definition) is 2.